The first-order chi connectivity index (χ1) is 12.2. The van der Waals surface area contributed by atoms with Crippen molar-refractivity contribution in [2.45, 2.75) is 65.9 Å². The van der Waals surface area contributed by atoms with Crippen LogP contribution in [0.2, 0.25) is 0 Å². The summed E-state index contributed by atoms with van der Waals surface area (Å²) in [5.41, 5.74) is 0.784. The van der Waals surface area contributed by atoms with E-state index in [1.54, 1.807) is 0 Å². The van der Waals surface area contributed by atoms with E-state index in [1.165, 1.54) is 26.0 Å². The number of rotatable bonds is 1. The number of carbonyl (C=O) groups excluding carboxylic acids is 2. The monoisotopic (exact) mass is 358 g/mol. The SMILES string of the molecule is COC1=CC(=O)C2=C(C[C@@]3(C)[C@H]4[C@H](CCC(C)(C)[C@@H]4CC[C@@H]3C)O2)C1=O. The molecule has 1 aliphatic heterocycles. The predicted octanol–water partition coefficient (Wildman–Crippen LogP) is 4.20. The topological polar surface area (TPSA) is 52.6 Å². The molecule has 1 heterocycles. The highest BCUT2D eigenvalue weighted by atomic mass is 16.5. The third-order valence-electron chi connectivity index (χ3n) is 8.01. The molecule has 0 bridgehead atoms. The first kappa shape index (κ1) is 17.8. The van der Waals surface area contributed by atoms with Crippen molar-refractivity contribution in [1.82, 2.24) is 0 Å². The first-order valence-electron chi connectivity index (χ1n) is 9.93. The molecule has 2 saturated carbocycles. The highest BCUT2D eigenvalue weighted by molar-refractivity contribution is 6.21. The molecule has 4 aliphatic rings. The van der Waals surface area contributed by atoms with Crippen molar-refractivity contribution in [3.63, 3.8) is 0 Å². The van der Waals surface area contributed by atoms with Gasteiger partial charge in [0.25, 0.3) is 0 Å². The quantitative estimate of drug-likeness (QED) is 0.659. The van der Waals surface area contributed by atoms with Gasteiger partial charge >= 0.3 is 0 Å². The Balaban J connectivity index is 1.82. The van der Waals surface area contributed by atoms with Crippen LogP contribution in [0.3, 0.4) is 0 Å². The molecule has 4 heteroatoms. The van der Waals surface area contributed by atoms with E-state index in [-0.39, 0.29) is 34.3 Å². The average Bonchev–Trinajstić information content (AvgIpc) is 2.72. The summed E-state index contributed by atoms with van der Waals surface area (Å²) in [7, 11) is 1.45. The molecule has 0 aromatic carbocycles. The van der Waals surface area contributed by atoms with Gasteiger partial charge in [-0.1, -0.05) is 27.7 Å². The minimum absolute atomic E-state index is 0.0301. The Morgan fingerprint density at radius 3 is 2.58 bits per heavy atom. The summed E-state index contributed by atoms with van der Waals surface area (Å²) in [4.78, 5) is 25.6. The second kappa shape index (κ2) is 5.71. The van der Waals surface area contributed by atoms with Crippen molar-refractivity contribution in [2.24, 2.45) is 28.6 Å². The van der Waals surface area contributed by atoms with Gasteiger partial charge in [-0.15, -0.1) is 0 Å². The van der Waals surface area contributed by atoms with Crippen LogP contribution in [0.1, 0.15) is 59.8 Å². The zero-order valence-corrected chi connectivity index (χ0v) is 16.6. The van der Waals surface area contributed by atoms with Gasteiger partial charge in [-0.3, -0.25) is 9.59 Å². The van der Waals surface area contributed by atoms with Gasteiger partial charge in [-0.05, 0) is 54.8 Å². The molecule has 0 aromatic rings. The lowest BCUT2D eigenvalue weighted by atomic mass is 9.47. The minimum Gasteiger partial charge on any atom is -0.493 e. The van der Waals surface area contributed by atoms with Crippen LogP contribution >= 0.6 is 0 Å². The minimum atomic E-state index is -0.215. The maximum Gasteiger partial charge on any atom is 0.227 e. The lowest BCUT2D eigenvalue weighted by Gasteiger charge is -2.58. The van der Waals surface area contributed by atoms with Gasteiger partial charge in [0.05, 0.1) is 12.7 Å². The second-order valence-corrected chi connectivity index (χ2v) is 9.69. The molecule has 0 saturated heterocycles. The number of ether oxygens (including phenoxy) is 2. The van der Waals surface area contributed by atoms with Gasteiger partial charge in [-0.2, -0.15) is 0 Å². The highest BCUT2D eigenvalue weighted by Crippen LogP contribution is 2.63. The molecule has 26 heavy (non-hydrogen) atoms. The maximum atomic E-state index is 12.9. The van der Waals surface area contributed by atoms with E-state index in [4.69, 9.17) is 9.47 Å². The van der Waals surface area contributed by atoms with Crippen molar-refractivity contribution < 1.29 is 19.1 Å². The summed E-state index contributed by atoms with van der Waals surface area (Å²) in [5.74, 6) is 1.50. The zero-order valence-electron chi connectivity index (χ0n) is 16.6. The fraction of sp³-hybridized carbons (Fsp3) is 0.727. The lowest BCUT2D eigenvalue weighted by Crippen LogP contribution is -2.55. The van der Waals surface area contributed by atoms with Crippen LogP contribution in [0.5, 0.6) is 0 Å². The molecule has 0 unspecified atom stereocenters. The summed E-state index contributed by atoms with van der Waals surface area (Å²) in [6, 6.07) is 0. The largest absolute Gasteiger partial charge is 0.493 e. The fourth-order valence-electron chi connectivity index (χ4n) is 6.22. The Hall–Kier alpha value is -1.58. The molecule has 0 aromatic heterocycles. The van der Waals surface area contributed by atoms with Crippen molar-refractivity contribution in [1.29, 1.82) is 0 Å². The molecule has 3 aliphatic carbocycles. The van der Waals surface area contributed by atoms with E-state index in [2.05, 4.69) is 27.7 Å². The average molecular weight is 358 g/mol. The van der Waals surface area contributed by atoms with E-state index < -0.39 is 0 Å². The summed E-state index contributed by atoms with van der Waals surface area (Å²) in [5, 5.41) is 0. The summed E-state index contributed by atoms with van der Waals surface area (Å²) >= 11 is 0. The predicted molar refractivity (Wildman–Crippen MR) is 98.1 cm³/mol. The summed E-state index contributed by atoms with van der Waals surface area (Å²) in [6.45, 7) is 9.39. The molecule has 2 fully saturated rings. The Labute approximate surface area is 156 Å². The Kier molecular flexibility index (Phi) is 3.91. The van der Waals surface area contributed by atoms with E-state index in [0.717, 1.165) is 12.8 Å². The van der Waals surface area contributed by atoms with Crippen LogP contribution in [-0.2, 0) is 19.1 Å². The van der Waals surface area contributed by atoms with Crippen molar-refractivity contribution in [3.05, 3.63) is 23.2 Å². The molecule has 0 amide bonds. The number of carbonyl (C=O) groups is 2. The number of methoxy groups -OCH3 is 1. The fourth-order valence-corrected chi connectivity index (χ4v) is 6.22. The summed E-state index contributed by atoms with van der Waals surface area (Å²) < 4.78 is 11.5. The standard InChI is InChI=1S/C22H30O4/c1-12-6-7-14-18-16(8-9-21(14,2)3)26-20-13(11-22(12,18)4)19(24)17(25-5)10-15(20)23/h10,12,14,16,18H,6-9,11H2,1-5H3/t12-,14+,16-,18+,22+/m0/s1. The van der Waals surface area contributed by atoms with Crippen LogP contribution in [0.4, 0.5) is 0 Å². The molecule has 142 valence electrons. The van der Waals surface area contributed by atoms with Gasteiger partial charge < -0.3 is 9.47 Å². The third-order valence-corrected chi connectivity index (χ3v) is 8.01. The van der Waals surface area contributed by atoms with E-state index in [0.29, 0.717) is 35.5 Å². The number of allylic oxidation sites excluding steroid dienone is 2. The molecule has 0 radical (unpaired) electrons. The smallest absolute Gasteiger partial charge is 0.227 e. The van der Waals surface area contributed by atoms with Crippen LogP contribution in [-0.4, -0.2) is 24.8 Å². The Morgan fingerprint density at radius 2 is 1.88 bits per heavy atom. The zero-order chi connectivity index (χ0) is 18.9. The highest BCUT2D eigenvalue weighted by Gasteiger charge is 2.59. The van der Waals surface area contributed by atoms with E-state index >= 15 is 0 Å². The van der Waals surface area contributed by atoms with E-state index in [9.17, 15) is 9.59 Å². The van der Waals surface area contributed by atoms with Crippen molar-refractivity contribution >= 4 is 11.6 Å². The number of ketones is 2. The molecule has 5 atom stereocenters. The second-order valence-electron chi connectivity index (χ2n) is 9.69. The normalized spacial score (nSPS) is 41.5. The van der Waals surface area contributed by atoms with Crippen LogP contribution in [0, 0.1) is 28.6 Å². The van der Waals surface area contributed by atoms with Gasteiger partial charge in [0.1, 0.15) is 6.10 Å². The summed E-state index contributed by atoms with van der Waals surface area (Å²) in [6.07, 6.45) is 6.38. The molecule has 4 nitrogen and oxygen atoms in total. The molecule has 0 spiro atoms. The van der Waals surface area contributed by atoms with Gasteiger partial charge in [0.2, 0.25) is 11.6 Å². The first-order valence-corrected chi connectivity index (χ1v) is 9.93. The molecular formula is C22H30O4. The van der Waals surface area contributed by atoms with E-state index in [1.807, 2.05) is 0 Å². The van der Waals surface area contributed by atoms with Crippen LogP contribution < -0.4 is 0 Å². The molecule has 0 N–H and O–H groups in total. The van der Waals surface area contributed by atoms with Gasteiger partial charge in [0, 0.05) is 12.0 Å². The lowest BCUT2D eigenvalue weighted by molar-refractivity contribution is -0.142. The van der Waals surface area contributed by atoms with Crippen LogP contribution in [0.15, 0.2) is 23.2 Å². The number of Topliss-reactive ketones (excluding diaryl/α,β-unsaturated/α-hetero) is 1. The molecule has 4 rings (SSSR count). The maximum absolute atomic E-state index is 12.9. The Morgan fingerprint density at radius 1 is 1.15 bits per heavy atom. The van der Waals surface area contributed by atoms with Crippen molar-refractivity contribution in [2.75, 3.05) is 7.11 Å². The third kappa shape index (κ3) is 2.33. The Bertz CT molecular complexity index is 728. The molecular weight excluding hydrogens is 328 g/mol. The van der Waals surface area contributed by atoms with Crippen molar-refractivity contribution in [3.8, 4) is 0 Å². The van der Waals surface area contributed by atoms with Gasteiger partial charge in [0.15, 0.2) is 11.5 Å². The number of hydrogen-bond acceptors (Lipinski definition) is 4. The van der Waals surface area contributed by atoms with Gasteiger partial charge in [-0.25, -0.2) is 0 Å². The number of hydrogen-bond donors (Lipinski definition) is 0. The van der Waals surface area contributed by atoms with Crippen LogP contribution in [0.25, 0.3) is 0 Å².